The molecule has 0 heterocycles. The molecule has 2 aromatic carbocycles. The van der Waals surface area contributed by atoms with Gasteiger partial charge in [-0.2, -0.15) is 0 Å². The molecule has 0 aliphatic carbocycles. The van der Waals surface area contributed by atoms with Gasteiger partial charge in [0.25, 0.3) is 0 Å². The highest BCUT2D eigenvalue weighted by atomic mass is 16.5. The van der Waals surface area contributed by atoms with E-state index in [9.17, 15) is 9.59 Å². The minimum Gasteiger partial charge on any atom is -0.497 e. The topological polar surface area (TPSA) is 58.6 Å². The molecule has 0 aliphatic rings. The smallest absolute Gasteiger partial charge is 0.247 e. The molecule has 2 rings (SSSR count). The maximum absolute atomic E-state index is 12.9. The fraction of sp³-hybridized carbons (Fsp3) is 0.364. The lowest BCUT2D eigenvalue weighted by Crippen LogP contribution is -2.43. The zero-order chi connectivity index (χ0) is 19.6. The summed E-state index contributed by atoms with van der Waals surface area (Å²) in [6, 6.07) is 16.3. The van der Waals surface area contributed by atoms with Crippen LogP contribution >= 0.6 is 0 Å². The molecule has 144 valence electrons. The Bertz CT molecular complexity index is 729. The van der Waals surface area contributed by atoms with Gasteiger partial charge in [0, 0.05) is 19.5 Å². The van der Waals surface area contributed by atoms with E-state index in [4.69, 9.17) is 4.74 Å². The van der Waals surface area contributed by atoms with Crippen molar-refractivity contribution in [3.8, 4) is 5.75 Å². The Morgan fingerprint density at radius 2 is 1.70 bits per heavy atom. The number of rotatable bonds is 9. The van der Waals surface area contributed by atoms with Gasteiger partial charge >= 0.3 is 0 Å². The summed E-state index contributed by atoms with van der Waals surface area (Å²) in [6.45, 7) is 4.76. The number of amides is 2. The van der Waals surface area contributed by atoms with Gasteiger partial charge in [0.05, 0.1) is 7.11 Å². The number of carbonyl (C=O) groups excluding carboxylic acids is 2. The molecule has 2 aromatic rings. The molecule has 0 aromatic heterocycles. The molecule has 1 N–H and O–H groups in total. The minimum absolute atomic E-state index is 0.0636. The molecule has 5 heteroatoms. The Labute approximate surface area is 161 Å². The molecule has 27 heavy (non-hydrogen) atoms. The third-order valence-corrected chi connectivity index (χ3v) is 4.36. The quantitative estimate of drug-likeness (QED) is 0.734. The summed E-state index contributed by atoms with van der Waals surface area (Å²) in [5.41, 5.74) is 1.75. The largest absolute Gasteiger partial charge is 0.497 e. The van der Waals surface area contributed by atoms with Crippen LogP contribution in [0.4, 0.5) is 0 Å². The number of hydrogen-bond acceptors (Lipinski definition) is 3. The van der Waals surface area contributed by atoms with E-state index in [0.29, 0.717) is 19.5 Å². The molecule has 0 spiro atoms. The summed E-state index contributed by atoms with van der Waals surface area (Å²) in [6.07, 6.45) is 1.17. The molecule has 0 fully saturated rings. The van der Waals surface area contributed by atoms with Gasteiger partial charge in [-0.1, -0.05) is 56.3 Å². The number of carbonyl (C=O) groups is 2. The lowest BCUT2D eigenvalue weighted by Gasteiger charge is -2.31. The lowest BCUT2D eigenvalue weighted by molar-refractivity contribution is -0.141. The van der Waals surface area contributed by atoms with Crippen LogP contribution in [0.5, 0.6) is 5.75 Å². The van der Waals surface area contributed by atoms with E-state index in [1.807, 2.05) is 68.4 Å². The first-order valence-electron chi connectivity index (χ1n) is 9.35. The molecule has 0 saturated carbocycles. The molecule has 0 radical (unpaired) electrons. The summed E-state index contributed by atoms with van der Waals surface area (Å²) in [5.74, 6) is 0.539. The van der Waals surface area contributed by atoms with Crippen molar-refractivity contribution in [3.05, 3.63) is 65.7 Å². The zero-order valence-electron chi connectivity index (χ0n) is 16.3. The van der Waals surface area contributed by atoms with Gasteiger partial charge in [-0.3, -0.25) is 9.59 Å². The van der Waals surface area contributed by atoms with E-state index in [0.717, 1.165) is 23.3 Å². The third kappa shape index (κ3) is 5.58. The molecular weight excluding hydrogens is 340 g/mol. The molecular formula is C22H28N2O3. The van der Waals surface area contributed by atoms with Crippen LogP contribution in [-0.4, -0.2) is 30.4 Å². The molecule has 0 bridgehead atoms. The third-order valence-electron chi connectivity index (χ3n) is 4.36. The number of ether oxygens (including phenoxy) is 1. The summed E-state index contributed by atoms with van der Waals surface area (Å²) < 4.78 is 5.20. The van der Waals surface area contributed by atoms with Crippen molar-refractivity contribution in [2.45, 2.75) is 39.3 Å². The van der Waals surface area contributed by atoms with Crippen LogP contribution in [0.25, 0.3) is 0 Å². The van der Waals surface area contributed by atoms with Crippen LogP contribution in [-0.2, 0) is 16.1 Å². The first-order valence-corrected chi connectivity index (χ1v) is 9.35. The van der Waals surface area contributed by atoms with E-state index >= 15 is 0 Å². The average molecular weight is 368 g/mol. The number of nitrogens with one attached hydrogen (secondary N) is 1. The maximum Gasteiger partial charge on any atom is 0.247 e. The Kier molecular flexibility index (Phi) is 7.86. The van der Waals surface area contributed by atoms with Crippen molar-refractivity contribution in [2.75, 3.05) is 13.7 Å². The summed E-state index contributed by atoms with van der Waals surface area (Å²) >= 11 is 0. The van der Waals surface area contributed by atoms with E-state index in [1.54, 1.807) is 12.0 Å². The second-order valence-corrected chi connectivity index (χ2v) is 6.33. The maximum atomic E-state index is 12.9. The number of methoxy groups -OCH3 is 1. The van der Waals surface area contributed by atoms with Crippen molar-refractivity contribution < 1.29 is 14.3 Å². The average Bonchev–Trinajstić information content (AvgIpc) is 2.72. The van der Waals surface area contributed by atoms with Gasteiger partial charge in [0.2, 0.25) is 11.8 Å². The molecule has 1 atom stereocenters. The number of nitrogens with zero attached hydrogens (tertiary/aromatic N) is 1. The first-order chi connectivity index (χ1) is 13.1. The van der Waals surface area contributed by atoms with Crippen LogP contribution in [0.1, 0.15) is 43.9 Å². The standard InChI is InChI=1S/C22H28N2O3/c1-4-15-23-22(26)21(18-9-7-6-8-10-18)24(20(25)5-2)16-17-11-13-19(27-3)14-12-17/h6-14,21H,4-5,15-16H2,1-3H3,(H,23,26)/t21-/m0/s1. The minimum atomic E-state index is -0.660. The SMILES string of the molecule is CCCNC(=O)[C@H](c1ccccc1)N(Cc1ccc(OC)cc1)C(=O)CC. The predicted octanol–water partition coefficient (Wildman–Crippen LogP) is 3.70. The molecule has 0 saturated heterocycles. The van der Waals surface area contributed by atoms with Crippen molar-refractivity contribution in [1.82, 2.24) is 10.2 Å². The van der Waals surface area contributed by atoms with E-state index in [-0.39, 0.29) is 11.8 Å². The first kappa shape index (κ1) is 20.5. The highest BCUT2D eigenvalue weighted by Gasteiger charge is 2.30. The Balaban J connectivity index is 2.37. The highest BCUT2D eigenvalue weighted by Crippen LogP contribution is 2.25. The molecule has 0 unspecified atom stereocenters. The van der Waals surface area contributed by atoms with E-state index in [2.05, 4.69) is 5.32 Å². The number of hydrogen-bond donors (Lipinski definition) is 1. The van der Waals surface area contributed by atoms with Crippen LogP contribution in [0.2, 0.25) is 0 Å². The van der Waals surface area contributed by atoms with Crippen LogP contribution in [0.15, 0.2) is 54.6 Å². The summed E-state index contributed by atoms with van der Waals surface area (Å²) in [4.78, 5) is 27.3. The van der Waals surface area contributed by atoms with Gasteiger partial charge in [-0.15, -0.1) is 0 Å². The summed E-state index contributed by atoms with van der Waals surface area (Å²) in [7, 11) is 1.62. The van der Waals surface area contributed by atoms with E-state index < -0.39 is 6.04 Å². The van der Waals surface area contributed by atoms with Crippen molar-refractivity contribution >= 4 is 11.8 Å². The van der Waals surface area contributed by atoms with Crippen molar-refractivity contribution in [3.63, 3.8) is 0 Å². The fourth-order valence-electron chi connectivity index (χ4n) is 2.91. The van der Waals surface area contributed by atoms with Gasteiger partial charge in [0.1, 0.15) is 11.8 Å². The fourth-order valence-corrected chi connectivity index (χ4v) is 2.91. The van der Waals surface area contributed by atoms with E-state index in [1.165, 1.54) is 0 Å². The normalized spacial score (nSPS) is 11.5. The van der Waals surface area contributed by atoms with Crippen molar-refractivity contribution in [1.29, 1.82) is 0 Å². The zero-order valence-corrected chi connectivity index (χ0v) is 16.3. The number of benzene rings is 2. The van der Waals surface area contributed by atoms with Gasteiger partial charge < -0.3 is 15.0 Å². The lowest BCUT2D eigenvalue weighted by atomic mass is 10.0. The predicted molar refractivity (Wildman–Crippen MR) is 106 cm³/mol. The second-order valence-electron chi connectivity index (χ2n) is 6.33. The van der Waals surface area contributed by atoms with Gasteiger partial charge in [0.15, 0.2) is 0 Å². The van der Waals surface area contributed by atoms with Crippen LogP contribution < -0.4 is 10.1 Å². The second kappa shape index (κ2) is 10.4. The Morgan fingerprint density at radius 1 is 1.04 bits per heavy atom. The summed E-state index contributed by atoms with van der Waals surface area (Å²) in [5, 5.41) is 2.94. The van der Waals surface area contributed by atoms with Crippen molar-refractivity contribution in [2.24, 2.45) is 0 Å². The molecule has 2 amide bonds. The molecule has 5 nitrogen and oxygen atoms in total. The van der Waals surface area contributed by atoms with Gasteiger partial charge in [-0.25, -0.2) is 0 Å². The van der Waals surface area contributed by atoms with Gasteiger partial charge in [-0.05, 0) is 29.7 Å². The Morgan fingerprint density at radius 3 is 2.26 bits per heavy atom. The van der Waals surface area contributed by atoms with Crippen LogP contribution in [0.3, 0.4) is 0 Å². The highest BCUT2D eigenvalue weighted by molar-refractivity contribution is 5.88. The monoisotopic (exact) mass is 368 g/mol. The van der Waals surface area contributed by atoms with Crippen LogP contribution in [0, 0.1) is 0 Å². The Hall–Kier alpha value is -2.82. The molecule has 0 aliphatic heterocycles.